The molecule has 0 fully saturated rings. The molecule has 0 saturated heterocycles. The fraction of sp³-hybridized carbons (Fsp3) is 0.143. The first-order valence-corrected chi connectivity index (χ1v) is 5.63. The van der Waals surface area contributed by atoms with Gasteiger partial charge in [-0.25, -0.2) is 4.98 Å². The van der Waals surface area contributed by atoms with Crippen LogP contribution in [0.2, 0.25) is 0 Å². The minimum absolute atomic E-state index is 0. The first-order chi connectivity index (χ1) is 8.28. The molecule has 4 heteroatoms. The summed E-state index contributed by atoms with van der Waals surface area (Å²) in [6.45, 7) is 2.00. The molecule has 0 spiro atoms. The van der Waals surface area contributed by atoms with Crippen LogP contribution in [0.25, 0.3) is 21.8 Å². The average molecular weight is 260 g/mol. The van der Waals surface area contributed by atoms with E-state index < -0.39 is 0 Å². The van der Waals surface area contributed by atoms with Gasteiger partial charge >= 0.3 is 0 Å². The zero-order valence-corrected chi connectivity index (χ0v) is 11.1. The quantitative estimate of drug-likeness (QED) is 0.679. The Morgan fingerprint density at radius 3 is 2.06 bits per heavy atom. The number of aromatic nitrogens is 2. The number of pyridine rings is 2. The van der Waals surface area contributed by atoms with Crippen LogP contribution in [0.15, 0.2) is 36.4 Å². The number of hydrogen-bond donors (Lipinski definition) is 1. The highest BCUT2D eigenvalue weighted by Crippen LogP contribution is 2.23. The van der Waals surface area contributed by atoms with Crippen molar-refractivity contribution in [1.82, 2.24) is 9.97 Å². The molecular formula is C14H14ClN3. The van der Waals surface area contributed by atoms with Crippen molar-refractivity contribution in [2.24, 2.45) is 0 Å². The summed E-state index contributed by atoms with van der Waals surface area (Å²) in [5.41, 5.74) is 2.94. The topological polar surface area (TPSA) is 37.8 Å². The van der Waals surface area contributed by atoms with Crippen LogP contribution in [0.5, 0.6) is 0 Å². The molecule has 0 unspecified atom stereocenters. The summed E-state index contributed by atoms with van der Waals surface area (Å²) in [6, 6.07) is 12.3. The van der Waals surface area contributed by atoms with Gasteiger partial charge in [-0.2, -0.15) is 0 Å². The number of hydrogen-bond acceptors (Lipinski definition) is 3. The van der Waals surface area contributed by atoms with Crippen molar-refractivity contribution < 1.29 is 0 Å². The maximum Gasteiger partial charge on any atom is 0.126 e. The highest BCUT2D eigenvalue weighted by atomic mass is 35.5. The Balaban J connectivity index is 0.00000120. The van der Waals surface area contributed by atoms with Gasteiger partial charge < -0.3 is 5.32 Å². The maximum absolute atomic E-state index is 4.59. The molecule has 0 aliphatic rings. The second-order valence-electron chi connectivity index (χ2n) is 4.11. The van der Waals surface area contributed by atoms with Crippen molar-refractivity contribution >= 4 is 40.0 Å². The minimum atomic E-state index is 0. The highest BCUT2D eigenvalue weighted by molar-refractivity contribution is 6.03. The molecule has 2 heterocycles. The van der Waals surface area contributed by atoms with Crippen molar-refractivity contribution in [2.45, 2.75) is 6.92 Å². The molecular weight excluding hydrogens is 246 g/mol. The third-order valence-electron chi connectivity index (χ3n) is 2.92. The van der Waals surface area contributed by atoms with Crippen LogP contribution in [-0.2, 0) is 0 Å². The second-order valence-corrected chi connectivity index (χ2v) is 4.11. The summed E-state index contributed by atoms with van der Waals surface area (Å²) in [4.78, 5) is 9.18. The maximum atomic E-state index is 4.59. The summed E-state index contributed by atoms with van der Waals surface area (Å²) in [7, 11) is 1.87. The Morgan fingerprint density at radius 1 is 0.833 bits per heavy atom. The first-order valence-electron chi connectivity index (χ1n) is 5.63. The van der Waals surface area contributed by atoms with Crippen LogP contribution in [0.3, 0.4) is 0 Å². The molecule has 92 valence electrons. The summed E-state index contributed by atoms with van der Waals surface area (Å²) < 4.78 is 0. The fourth-order valence-corrected chi connectivity index (χ4v) is 2.00. The van der Waals surface area contributed by atoms with Gasteiger partial charge in [0.25, 0.3) is 0 Å². The molecule has 0 bridgehead atoms. The van der Waals surface area contributed by atoms with E-state index in [0.717, 1.165) is 33.3 Å². The normalized spacial score (nSPS) is 10.3. The van der Waals surface area contributed by atoms with Crippen LogP contribution in [-0.4, -0.2) is 17.0 Å². The Kier molecular flexibility index (Phi) is 3.34. The van der Waals surface area contributed by atoms with E-state index in [1.807, 2.05) is 26.1 Å². The predicted molar refractivity (Wildman–Crippen MR) is 78.6 cm³/mol. The molecule has 0 saturated carbocycles. The van der Waals surface area contributed by atoms with Crippen LogP contribution in [0.1, 0.15) is 5.69 Å². The van der Waals surface area contributed by atoms with E-state index in [2.05, 4.69) is 39.6 Å². The zero-order valence-electron chi connectivity index (χ0n) is 10.3. The van der Waals surface area contributed by atoms with E-state index in [0.29, 0.717) is 0 Å². The lowest BCUT2D eigenvalue weighted by molar-refractivity contribution is 1.25. The molecule has 0 amide bonds. The lowest BCUT2D eigenvalue weighted by atomic mass is 10.1. The Bertz CT molecular complexity index is 710. The van der Waals surface area contributed by atoms with Crippen LogP contribution >= 0.6 is 12.4 Å². The summed E-state index contributed by atoms with van der Waals surface area (Å²) >= 11 is 0. The smallest absolute Gasteiger partial charge is 0.126 e. The van der Waals surface area contributed by atoms with Gasteiger partial charge in [-0.15, -0.1) is 12.4 Å². The van der Waals surface area contributed by atoms with Crippen LogP contribution in [0.4, 0.5) is 5.82 Å². The zero-order chi connectivity index (χ0) is 11.8. The average Bonchev–Trinajstić information content (AvgIpc) is 2.38. The van der Waals surface area contributed by atoms with Gasteiger partial charge in [0, 0.05) is 23.5 Å². The Labute approximate surface area is 112 Å². The Morgan fingerprint density at radius 2 is 1.39 bits per heavy atom. The van der Waals surface area contributed by atoms with E-state index in [1.165, 1.54) is 0 Å². The van der Waals surface area contributed by atoms with Crippen LogP contribution < -0.4 is 5.32 Å². The molecule has 1 aromatic carbocycles. The standard InChI is InChI=1S/C14H13N3.ClH/c1-9-3-4-10-5-6-11-7-8-12(15-2)17-14(11)13(10)16-9;/h3-8H,1-2H3,(H,15,17);1H. The molecule has 0 aliphatic carbocycles. The molecule has 0 atom stereocenters. The molecule has 3 aromatic rings. The fourth-order valence-electron chi connectivity index (χ4n) is 2.00. The molecule has 2 aromatic heterocycles. The summed E-state index contributed by atoms with van der Waals surface area (Å²) in [5.74, 6) is 0.869. The molecule has 3 rings (SSSR count). The number of aryl methyl sites for hydroxylation is 1. The number of nitrogens with zero attached hydrogens (tertiary/aromatic N) is 2. The van der Waals surface area contributed by atoms with Gasteiger partial charge in [-0.1, -0.05) is 18.2 Å². The van der Waals surface area contributed by atoms with Crippen molar-refractivity contribution in [3.8, 4) is 0 Å². The number of halogens is 1. The van der Waals surface area contributed by atoms with Gasteiger partial charge in [0.05, 0.1) is 11.0 Å². The van der Waals surface area contributed by atoms with Crippen LogP contribution in [0, 0.1) is 6.92 Å². The van der Waals surface area contributed by atoms with Gasteiger partial charge in [0.1, 0.15) is 5.82 Å². The molecule has 0 aliphatic heterocycles. The van der Waals surface area contributed by atoms with Crippen molar-refractivity contribution in [2.75, 3.05) is 12.4 Å². The van der Waals surface area contributed by atoms with Gasteiger partial charge in [0.15, 0.2) is 0 Å². The summed E-state index contributed by atoms with van der Waals surface area (Å²) in [5, 5.41) is 5.31. The highest BCUT2D eigenvalue weighted by Gasteiger charge is 2.04. The SMILES string of the molecule is CNc1ccc2ccc3ccc(C)nc3c2n1.Cl. The largest absolute Gasteiger partial charge is 0.373 e. The molecule has 0 radical (unpaired) electrons. The number of fused-ring (bicyclic) bond motifs is 3. The molecule has 1 N–H and O–H groups in total. The van der Waals surface area contributed by atoms with E-state index >= 15 is 0 Å². The third kappa shape index (κ3) is 1.97. The van der Waals surface area contributed by atoms with E-state index in [4.69, 9.17) is 0 Å². The lowest BCUT2D eigenvalue weighted by Gasteiger charge is -2.05. The van der Waals surface area contributed by atoms with E-state index in [-0.39, 0.29) is 12.4 Å². The number of benzene rings is 1. The third-order valence-corrected chi connectivity index (χ3v) is 2.92. The Hall–Kier alpha value is -1.87. The van der Waals surface area contributed by atoms with E-state index in [1.54, 1.807) is 0 Å². The van der Waals surface area contributed by atoms with Crippen molar-refractivity contribution in [3.63, 3.8) is 0 Å². The lowest BCUT2D eigenvalue weighted by Crippen LogP contribution is -1.93. The van der Waals surface area contributed by atoms with Gasteiger partial charge in [-0.3, -0.25) is 4.98 Å². The second kappa shape index (κ2) is 4.78. The number of rotatable bonds is 1. The van der Waals surface area contributed by atoms with Gasteiger partial charge in [0.2, 0.25) is 0 Å². The van der Waals surface area contributed by atoms with Gasteiger partial charge in [-0.05, 0) is 25.1 Å². The van der Waals surface area contributed by atoms with Crippen molar-refractivity contribution in [1.29, 1.82) is 0 Å². The summed E-state index contributed by atoms with van der Waals surface area (Å²) in [6.07, 6.45) is 0. The molecule has 18 heavy (non-hydrogen) atoms. The first kappa shape index (κ1) is 12.6. The predicted octanol–water partition coefficient (Wildman–Crippen LogP) is 3.55. The monoisotopic (exact) mass is 259 g/mol. The molecule has 3 nitrogen and oxygen atoms in total. The number of anilines is 1. The van der Waals surface area contributed by atoms with E-state index in [9.17, 15) is 0 Å². The van der Waals surface area contributed by atoms with Crippen molar-refractivity contribution in [3.05, 3.63) is 42.1 Å². The minimum Gasteiger partial charge on any atom is -0.373 e. The number of nitrogens with one attached hydrogen (secondary N) is 1.